The van der Waals surface area contributed by atoms with Crippen LogP contribution in [0, 0.1) is 5.82 Å². The molecule has 1 fully saturated rings. The maximum absolute atomic E-state index is 14.2. The van der Waals surface area contributed by atoms with Gasteiger partial charge in [-0.15, -0.1) is 0 Å². The Labute approximate surface area is 137 Å². The molecule has 0 radical (unpaired) electrons. The lowest BCUT2D eigenvalue weighted by Crippen LogP contribution is -2.31. The van der Waals surface area contributed by atoms with Gasteiger partial charge in [-0.3, -0.25) is 0 Å². The third kappa shape index (κ3) is 5.50. The summed E-state index contributed by atoms with van der Waals surface area (Å²) in [4.78, 5) is 2.41. The molecule has 1 aliphatic rings. The average Bonchev–Trinajstić information content (AvgIpc) is 2.56. The third-order valence-electron chi connectivity index (χ3n) is 4.70. The molecule has 1 atom stereocenters. The summed E-state index contributed by atoms with van der Waals surface area (Å²) in [6.07, 6.45) is 2.73. The Morgan fingerprint density at radius 3 is 2.52 bits per heavy atom. The van der Waals surface area contributed by atoms with Crippen molar-refractivity contribution in [2.24, 2.45) is 0 Å². The van der Waals surface area contributed by atoms with Gasteiger partial charge in [0.2, 0.25) is 0 Å². The summed E-state index contributed by atoms with van der Waals surface area (Å²) in [6, 6.07) is 3.73. The zero-order valence-electron chi connectivity index (χ0n) is 13.8. The molecular formula is C18H27F3N2. The number of halogens is 3. The van der Waals surface area contributed by atoms with E-state index in [4.69, 9.17) is 0 Å². The molecule has 0 saturated carbocycles. The summed E-state index contributed by atoms with van der Waals surface area (Å²) in [5, 5.41) is 3.08. The van der Waals surface area contributed by atoms with E-state index in [0.29, 0.717) is 5.56 Å². The summed E-state index contributed by atoms with van der Waals surface area (Å²) >= 11 is 0. The smallest absolute Gasteiger partial charge is 0.263 e. The van der Waals surface area contributed by atoms with Crippen LogP contribution in [0.2, 0.25) is 0 Å². The van der Waals surface area contributed by atoms with Gasteiger partial charge in [-0.2, -0.15) is 0 Å². The first kappa shape index (κ1) is 18.3. The van der Waals surface area contributed by atoms with Gasteiger partial charge in [0, 0.05) is 5.56 Å². The van der Waals surface area contributed by atoms with Crippen molar-refractivity contribution in [3.8, 4) is 0 Å². The lowest BCUT2D eigenvalue weighted by molar-refractivity contribution is 0.151. The van der Waals surface area contributed by atoms with Crippen LogP contribution in [0.25, 0.3) is 0 Å². The second kappa shape index (κ2) is 9.28. The summed E-state index contributed by atoms with van der Waals surface area (Å²) in [6.45, 7) is 3.85. The number of piperidine rings is 1. The highest BCUT2D eigenvalue weighted by Crippen LogP contribution is 2.30. The molecule has 0 bridgehead atoms. The number of alkyl halides is 2. The molecule has 5 heteroatoms. The number of nitrogens with one attached hydrogen (secondary N) is 1. The van der Waals surface area contributed by atoms with Crippen molar-refractivity contribution in [1.29, 1.82) is 0 Å². The lowest BCUT2D eigenvalue weighted by Gasteiger charge is -2.28. The van der Waals surface area contributed by atoms with Crippen molar-refractivity contribution in [1.82, 2.24) is 10.2 Å². The van der Waals surface area contributed by atoms with Crippen molar-refractivity contribution < 1.29 is 13.2 Å². The summed E-state index contributed by atoms with van der Waals surface area (Å²) in [5.74, 6) is -0.391. The second-order valence-corrected chi connectivity index (χ2v) is 6.36. The molecule has 0 aromatic heterocycles. The van der Waals surface area contributed by atoms with Gasteiger partial charge in [-0.25, -0.2) is 13.2 Å². The van der Waals surface area contributed by atoms with E-state index in [2.05, 4.69) is 10.2 Å². The number of likely N-dealkylation sites (tertiary alicyclic amines) is 1. The zero-order chi connectivity index (χ0) is 16.7. The number of benzene rings is 1. The van der Waals surface area contributed by atoms with Crippen molar-refractivity contribution in [2.75, 3.05) is 33.2 Å². The van der Waals surface area contributed by atoms with Crippen LogP contribution in [0.5, 0.6) is 0 Å². The highest BCUT2D eigenvalue weighted by atomic mass is 19.3. The molecular weight excluding hydrogens is 301 g/mol. The minimum absolute atomic E-state index is 0.0249. The van der Waals surface area contributed by atoms with Crippen molar-refractivity contribution in [3.05, 3.63) is 35.1 Å². The molecule has 1 heterocycles. The normalized spacial score (nSPS) is 17.6. The number of rotatable bonds is 8. The molecule has 0 unspecified atom stereocenters. The number of nitrogens with zero attached hydrogens (tertiary/aromatic N) is 1. The first-order valence-corrected chi connectivity index (χ1v) is 8.56. The minimum atomic E-state index is -2.55. The molecule has 1 N–H and O–H groups in total. The highest BCUT2D eigenvalue weighted by Gasteiger charge is 2.20. The number of hydrogen-bond donors (Lipinski definition) is 1. The topological polar surface area (TPSA) is 15.3 Å². The van der Waals surface area contributed by atoms with Crippen LogP contribution in [0.15, 0.2) is 18.2 Å². The van der Waals surface area contributed by atoms with Gasteiger partial charge in [0.05, 0.1) is 0 Å². The summed E-state index contributed by atoms with van der Waals surface area (Å²) in [5.41, 5.74) is 0.351. The molecule has 0 amide bonds. The van der Waals surface area contributed by atoms with E-state index in [-0.39, 0.29) is 17.3 Å². The Morgan fingerprint density at radius 2 is 1.87 bits per heavy atom. The van der Waals surface area contributed by atoms with Crippen LogP contribution in [-0.4, -0.2) is 38.1 Å². The molecule has 130 valence electrons. The van der Waals surface area contributed by atoms with Gasteiger partial charge in [0.15, 0.2) is 0 Å². The van der Waals surface area contributed by atoms with Gasteiger partial charge in [-0.1, -0.05) is 12.5 Å². The van der Waals surface area contributed by atoms with Crippen LogP contribution >= 0.6 is 0 Å². The van der Waals surface area contributed by atoms with Gasteiger partial charge >= 0.3 is 0 Å². The van der Waals surface area contributed by atoms with Crippen LogP contribution in [0.3, 0.4) is 0 Å². The van der Waals surface area contributed by atoms with Crippen LogP contribution in [0.4, 0.5) is 13.2 Å². The van der Waals surface area contributed by atoms with E-state index in [1.165, 1.54) is 37.5 Å². The van der Waals surface area contributed by atoms with E-state index in [1.807, 2.05) is 7.05 Å². The first-order valence-electron chi connectivity index (χ1n) is 8.56. The quantitative estimate of drug-likeness (QED) is 0.764. The van der Waals surface area contributed by atoms with E-state index in [0.717, 1.165) is 39.0 Å². The number of hydrogen-bond acceptors (Lipinski definition) is 2. The van der Waals surface area contributed by atoms with E-state index < -0.39 is 6.43 Å². The molecule has 0 aliphatic carbocycles. The second-order valence-electron chi connectivity index (χ2n) is 6.36. The maximum atomic E-state index is 14.2. The van der Waals surface area contributed by atoms with Crippen molar-refractivity contribution in [3.63, 3.8) is 0 Å². The summed E-state index contributed by atoms with van der Waals surface area (Å²) in [7, 11) is 1.85. The largest absolute Gasteiger partial charge is 0.320 e. The maximum Gasteiger partial charge on any atom is 0.263 e. The standard InChI is InChI=1S/C18H27F3N2/c1-22-9-7-14(8-12-23-10-3-2-4-11-23)16-13-15(18(20)21)5-6-17(16)19/h5-6,13-14,18,22H,2-4,7-12H2,1H3/t14-/m0/s1. The Morgan fingerprint density at radius 1 is 1.13 bits per heavy atom. The van der Waals surface area contributed by atoms with Gasteiger partial charge < -0.3 is 10.2 Å². The van der Waals surface area contributed by atoms with E-state index in [1.54, 1.807) is 0 Å². The van der Waals surface area contributed by atoms with E-state index in [9.17, 15) is 13.2 Å². The van der Waals surface area contributed by atoms with E-state index >= 15 is 0 Å². The molecule has 1 saturated heterocycles. The van der Waals surface area contributed by atoms with Gasteiger partial charge in [0.25, 0.3) is 6.43 Å². The molecule has 2 rings (SSSR count). The Kier molecular flexibility index (Phi) is 7.37. The predicted octanol–water partition coefficient (Wildman–Crippen LogP) is 4.33. The lowest BCUT2D eigenvalue weighted by atomic mass is 9.90. The van der Waals surface area contributed by atoms with Crippen molar-refractivity contribution in [2.45, 2.75) is 44.4 Å². The third-order valence-corrected chi connectivity index (χ3v) is 4.70. The van der Waals surface area contributed by atoms with Crippen LogP contribution in [0.1, 0.15) is 55.6 Å². The van der Waals surface area contributed by atoms with Crippen LogP contribution in [-0.2, 0) is 0 Å². The summed E-state index contributed by atoms with van der Waals surface area (Å²) < 4.78 is 40.1. The Hall–Kier alpha value is -1.07. The molecule has 0 spiro atoms. The highest BCUT2D eigenvalue weighted by molar-refractivity contribution is 5.29. The SMILES string of the molecule is CNCC[C@@H](CCN1CCCCC1)c1cc(C(F)F)ccc1F. The molecule has 1 aromatic rings. The molecule has 2 nitrogen and oxygen atoms in total. The fourth-order valence-corrected chi connectivity index (χ4v) is 3.31. The molecule has 23 heavy (non-hydrogen) atoms. The fraction of sp³-hybridized carbons (Fsp3) is 0.667. The van der Waals surface area contributed by atoms with Gasteiger partial charge in [0.1, 0.15) is 5.82 Å². The molecule has 1 aromatic carbocycles. The van der Waals surface area contributed by atoms with Crippen LogP contribution < -0.4 is 5.32 Å². The first-order chi connectivity index (χ1) is 11.1. The Bertz CT molecular complexity index is 473. The fourth-order valence-electron chi connectivity index (χ4n) is 3.31. The predicted molar refractivity (Wildman–Crippen MR) is 87.5 cm³/mol. The van der Waals surface area contributed by atoms with Gasteiger partial charge in [-0.05, 0) is 82.5 Å². The monoisotopic (exact) mass is 328 g/mol. The zero-order valence-corrected chi connectivity index (χ0v) is 13.8. The van der Waals surface area contributed by atoms with Crippen molar-refractivity contribution >= 4 is 0 Å². The minimum Gasteiger partial charge on any atom is -0.320 e. The average molecular weight is 328 g/mol. The molecule has 1 aliphatic heterocycles. The Balaban J connectivity index is 2.08.